The number of benzene rings is 2. The van der Waals surface area contributed by atoms with Gasteiger partial charge in [-0.15, -0.1) is 9.05 Å². The van der Waals surface area contributed by atoms with Crippen molar-refractivity contribution in [3.63, 3.8) is 0 Å². The van der Waals surface area contributed by atoms with Gasteiger partial charge < -0.3 is 10.1 Å². The quantitative estimate of drug-likeness (QED) is 0.202. The monoisotopic (exact) mass is 551 g/mol. The molecule has 29 heavy (non-hydrogen) atoms. The van der Waals surface area contributed by atoms with E-state index in [0.29, 0.717) is 36.9 Å². The molecule has 0 fully saturated rings. The van der Waals surface area contributed by atoms with Gasteiger partial charge in [-0.25, -0.2) is 0 Å². The Morgan fingerprint density at radius 1 is 1.07 bits per heavy atom. The lowest BCUT2D eigenvalue weighted by atomic mass is 10.2. The molecule has 0 amide bonds. The molecule has 0 aliphatic carbocycles. The maximum Gasteiger partial charge on any atom is 0.697 e. The Kier molecular flexibility index (Phi) is 11.9. The molecule has 2 aromatic rings. The van der Waals surface area contributed by atoms with Crippen LogP contribution in [0.5, 0.6) is 11.5 Å². The van der Waals surface area contributed by atoms with Gasteiger partial charge in [-0.2, -0.15) is 0 Å². The molecule has 8 nitrogen and oxygen atoms in total. The van der Waals surface area contributed by atoms with Crippen molar-refractivity contribution in [3.05, 3.63) is 55.5 Å². The Morgan fingerprint density at radius 2 is 1.72 bits per heavy atom. The summed E-state index contributed by atoms with van der Waals surface area (Å²) in [5.74, 6) is 1.16. The van der Waals surface area contributed by atoms with E-state index in [1.54, 1.807) is 26.0 Å². The molecule has 0 radical (unpaired) electrons. The number of anilines is 1. The number of nitro groups is 1. The molecule has 0 spiro atoms. The summed E-state index contributed by atoms with van der Waals surface area (Å²) in [6.45, 7) is 6.89. The first-order valence-electron chi connectivity index (χ1n) is 8.70. The zero-order valence-electron chi connectivity index (χ0n) is 16.2. The van der Waals surface area contributed by atoms with Gasteiger partial charge in [0.2, 0.25) is 0 Å². The van der Waals surface area contributed by atoms with Gasteiger partial charge in [-0.05, 0) is 61.0 Å². The lowest BCUT2D eigenvalue weighted by Gasteiger charge is -2.10. The van der Waals surface area contributed by atoms with Crippen LogP contribution < -0.4 is 10.1 Å². The molecular weight excluding hydrogens is 531 g/mol. The van der Waals surface area contributed by atoms with Crippen LogP contribution >= 0.6 is 40.1 Å². The Labute approximate surface area is 187 Å². The minimum atomic E-state index is -1.83. The molecule has 0 aliphatic rings. The Bertz CT molecular complexity index is 830. The van der Waals surface area contributed by atoms with E-state index in [2.05, 4.69) is 46.2 Å². The molecule has 1 N–H and O–H groups in total. The minimum absolute atomic E-state index is 0.0269. The van der Waals surface area contributed by atoms with Crippen LogP contribution in [0.15, 0.2) is 45.3 Å². The van der Waals surface area contributed by atoms with E-state index in [-0.39, 0.29) is 5.69 Å². The maximum absolute atomic E-state index is 11.0. The van der Waals surface area contributed by atoms with Gasteiger partial charge in [0.1, 0.15) is 30.4 Å². The van der Waals surface area contributed by atoms with Crippen LogP contribution in [0, 0.1) is 10.1 Å². The highest BCUT2D eigenvalue weighted by molar-refractivity contribution is 9.11. The summed E-state index contributed by atoms with van der Waals surface area (Å²) in [7, 11) is -1.83. The van der Waals surface area contributed by atoms with Crippen LogP contribution in [-0.2, 0) is 13.6 Å². The van der Waals surface area contributed by atoms with Crippen molar-refractivity contribution >= 4 is 51.5 Å². The summed E-state index contributed by atoms with van der Waals surface area (Å²) in [5.41, 5.74) is 0.465. The highest BCUT2D eigenvalue weighted by Crippen LogP contribution is 2.35. The minimum Gasteiger partial charge on any atom is -0.456 e. The molecule has 0 unspecified atom stereocenters. The molecule has 2 aromatic carbocycles. The van der Waals surface area contributed by atoms with Crippen LogP contribution in [0.3, 0.4) is 0 Å². The first kappa shape index (κ1) is 25.5. The summed E-state index contributed by atoms with van der Waals surface area (Å²) in [6, 6.07) is 10.2. The van der Waals surface area contributed by atoms with Crippen LogP contribution in [0.25, 0.3) is 0 Å². The van der Waals surface area contributed by atoms with E-state index in [1.165, 1.54) is 6.07 Å². The second-order valence-electron chi connectivity index (χ2n) is 5.20. The van der Waals surface area contributed by atoms with Gasteiger partial charge in [0, 0.05) is 27.7 Å². The van der Waals surface area contributed by atoms with Crippen LogP contribution in [0.4, 0.5) is 11.4 Å². The largest absolute Gasteiger partial charge is 0.697 e. The standard InChI is InChI=1S/C14H12Br2N2O3.C4H10O3P/c1-2-17-12-8-10(4-5-13(12)18(19)20)21-14-6-3-9(15)7-11(14)16;1-3-6-8(5)7-4-2/h3-8,17H,2H2,1H3;3-4H2,1-2H3/q;+1. The van der Waals surface area contributed by atoms with E-state index in [1.807, 2.05) is 25.1 Å². The van der Waals surface area contributed by atoms with Gasteiger partial charge in [-0.1, -0.05) is 15.9 Å². The average Bonchev–Trinajstić information content (AvgIpc) is 2.65. The highest BCUT2D eigenvalue weighted by atomic mass is 79.9. The fourth-order valence-corrected chi connectivity index (χ4v) is 3.63. The lowest BCUT2D eigenvalue weighted by molar-refractivity contribution is -0.384. The summed E-state index contributed by atoms with van der Waals surface area (Å²) < 4.78 is 27.0. The van der Waals surface area contributed by atoms with Gasteiger partial charge in [0.15, 0.2) is 0 Å². The molecule has 0 aromatic heterocycles. The third-order valence-electron chi connectivity index (χ3n) is 3.12. The number of hydrogen-bond acceptors (Lipinski definition) is 7. The topological polar surface area (TPSA) is 99.9 Å². The number of nitrogens with one attached hydrogen (secondary N) is 1. The lowest BCUT2D eigenvalue weighted by Crippen LogP contribution is -2.01. The molecule has 0 bridgehead atoms. The molecule has 0 saturated carbocycles. The Balaban J connectivity index is 0.000000447. The SMILES string of the molecule is CCNc1cc(Oc2ccc(Br)cc2Br)ccc1[N+](=O)[O-].CCO[P+](=O)OCC. The molecule has 0 heterocycles. The number of hydrogen-bond donors (Lipinski definition) is 1. The van der Waals surface area contributed by atoms with Crippen LogP contribution in [0.1, 0.15) is 20.8 Å². The van der Waals surface area contributed by atoms with E-state index in [4.69, 9.17) is 4.74 Å². The number of halogens is 2. The van der Waals surface area contributed by atoms with Crippen molar-refractivity contribution in [2.45, 2.75) is 20.8 Å². The number of ether oxygens (including phenoxy) is 1. The van der Waals surface area contributed by atoms with Crippen LogP contribution in [-0.4, -0.2) is 24.7 Å². The Hall–Kier alpha value is -1.58. The Morgan fingerprint density at radius 3 is 2.24 bits per heavy atom. The zero-order chi connectivity index (χ0) is 21.8. The summed E-state index contributed by atoms with van der Waals surface area (Å²) >= 11 is 6.78. The van der Waals surface area contributed by atoms with Gasteiger partial charge in [0.05, 0.1) is 9.40 Å². The smallest absolute Gasteiger partial charge is 0.456 e. The summed E-state index contributed by atoms with van der Waals surface area (Å²) in [4.78, 5) is 10.6. The van der Waals surface area contributed by atoms with Gasteiger partial charge in [-0.3, -0.25) is 10.1 Å². The van der Waals surface area contributed by atoms with Gasteiger partial charge in [0.25, 0.3) is 5.69 Å². The van der Waals surface area contributed by atoms with Crippen LogP contribution in [0.2, 0.25) is 0 Å². The molecule has 2 rings (SSSR count). The van der Waals surface area contributed by atoms with E-state index < -0.39 is 13.2 Å². The molecular formula is C18H22Br2N2O6P+. The fourth-order valence-electron chi connectivity index (χ4n) is 2.00. The van der Waals surface area contributed by atoms with Crippen molar-refractivity contribution in [1.82, 2.24) is 0 Å². The second kappa shape index (κ2) is 13.6. The first-order valence-corrected chi connectivity index (χ1v) is 11.4. The van der Waals surface area contributed by atoms with E-state index >= 15 is 0 Å². The normalized spacial score (nSPS) is 9.97. The van der Waals surface area contributed by atoms with Crippen molar-refractivity contribution in [1.29, 1.82) is 0 Å². The van der Waals surface area contributed by atoms with Crippen molar-refractivity contribution in [3.8, 4) is 11.5 Å². The number of rotatable bonds is 9. The average molecular weight is 553 g/mol. The molecule has 0 saturated heterocycles. The van der Waals surface area contributed by atoms with Crippen molar-refractivity contribution in [2.24, 2.45) is 0 Å². The van der Waals surface area contributed by atoms with E-state index in [0.717, 1.165) is 8.95 Å². The number of nitrogens with zero attached hydrogens (tertiary/aromatic N) is 1. The predicted molar refractivity (Wildman–Crippen MR) is 120 cm³/mol. The predicted octanol–water partition coefficient (Wildman–Crippen LogP) is 7.06. The second-order valence-corrected chi connectivity index (χ2v) is 7.94. The van der Waals surface area contributed by atoms with Crippen molar-refractivity contribution < 1.29 is 23.3 Å². The summed E-state index contributed by atoms with van der Waals surface area (Å²) in [5, 5.41) is 13.9. The van der Waals surface area contributed by atoms with E-state index in [9.17, 15) is 14.7 Å². The number of nitro benzene ring substituents is 1. The highest BCUT2D eigenvalue weighted by Gasteiger charge is 2.16. The molecule has 11 heteroatoms. The maximum atomic E-state index is 11.0. The fraction of sp³-hybridized carbons (Fsp3) is 0.333. The summed E-state index contributed by atoms with van der Waals surface area (Å²) in [6.07, 6.45) is 0. The van der Waals surface area contributed by atoms with Crippen molar-refractivity contribution in [2.75, 3.05) is 25.1 Å². The third kappa shape index (κ3) is 9.18. The van der Waals surface area contributed by atoms with Gasteiger partial charge >= 0.3 is 8.25 Å². The zero-order valence-corrected chi connectivity index (χ0v) is 20.3. The molecule has 0 atom stereocenters. The molecule has 0 aliphatic heterocycles. The third-order valence-corrected chi connectivity index (χ3v) is 5.17. The first-order chi connectivity index (χ1) is 13.8. The molecule has 158 valence electrons.